The van der Waals surface area contributed by atoms with Gasteiger partial charge in [-0.15, -0.1) is 0 Å². The van der Waals surface area contributed by atoms with Crippen LogP contribution in [0.2, 0.25) is 0 Å². The molecule has 0 saturated carbocycles. The molecule has 0 fully saturated rings. The van der Waals surface area contributed by atoms with Crippen molar-refractivity contribution in [3.8, 4) is 5.75 Å². The van der Waals surface area contributed by atoms with Crippen molar-refractivity contribution in [2.45, 2.75) is 6.92 Å². The van der Waals surface area contributed by atoms with Crippen molar-refractivity contribution in [3.05, 3.63) is 27.8 Å². The van der Waals surface area contributed by atoms with Gasteiger partial charge in [-0.3, -0.25) is 4.79 Å². The molecule has 1 rings (SSSR count). The number of hydrogen-bond acceptors (Lipinski definition) is 4. The number of aryl methyl sites for hydroxylation is 1. The van der Waals surface area contributed by atoms with Gasteiger partial charge in [0.2, 0.25) is 5.43 Å². The van der Waals surface area contributed by atoms with Crippen LogP contribution in [0, 0.1) is 6.92 Å². The largest absolute Gasteiger partial charge is 0.502 e. The standard InChI is InChI=1S/C7H6O5/c1-3-5(7(10)11)6(9)4(8)2-12-3/h2,8H,1H3,(H,10,11). The molecule has 0 radical (unpaired) electrons. The average Bonchev–Trinajstić information content (AvgIpc) is 1.97. The first kappa shape index (κ1) is 8.32. The molecule has 0 spiro atoms. The van der Waals surface area contributed by atoms with Crippen molar-refractivity contribution in [2.75, 3.05) is 0 Å². The summed E-state index contributed by atoms with van der Waals surface area (Å²) in [5, 5.41) is 17.3. The van der Waals surface area contributed by atoms with Crippen LogP contribution in [0.25, 0.3) is 0 Å². The fourth-order valence-corrected chi connectivity index (χ4v) is 0.792. The second kappa shape index (κ2) is 2.69. The van der Waals surface area contributed by atoms with E-state index >= 15 is 0 Å². The molecule has 2 N–H and O–H groups in total. The van der Waals surface area contributed by atoms with E-state index in [1.165, 1.54) is 6.92 Å². The van der Waals surface area contributed by atoms with Crippen LogP contribution in [-0.2, 0) is 0 Å². The van der Waals surface area contributed by atoms with Crippen LogP contribution in [0.3, 0.4) is 0 Å². The van der Waals surface area contributed by atoms with Gasteiger partial charge in [-0.25, -0.2) is 4.79 Å². The number of carboxylic acids is 1. The van der Waals surface area contributed by atoms with Gasteiger partial charge in [-0.05, 0) is 6.92 Å². The maximum absolute atomic E-state index is 10.9. The second-order valence-corrected chi connectivity index (χ2v) is 2.19. The Balaban J connectivity index is 3.55. The second-order valence-electron chi connectivity index (χ2n) is 2.19. The lowest BCUT2D eigenvalue weighted by Gasteiger charge is -1.97. The minimum Gasteiger partial charge on any atom is -0.502 e. The topological polar surface area (TPSA) is 87.7 Å². The van der Waals surface area contributed by atoms with Crippen LogP contribution < -0.4 is 5.43 Å². The minimum absolute atomic E-state index is 0.0229. The molecule has 1 aromatic heterocycles. The molecule has 0 aliphatic heterocycles. The van der Waals surface area contributed by atoms with E-state index in [1.54, 1.807) is 0 Å². The molecule has 0 atom stereocenters. The summed E-state index contributed by atoms with van der Waals surface area (Å²) in [6.45, 7) is 1.34. The summed E-state index contributed by atoms with van der Waals surface area (Å²) in [6.07, 6.45) is 0.810. The van der Waals surface area contributed by atoms with E-state index in [2.05, 4.69) is 4.42 Å². The van der Waals surface area contributed by atoms with E-state index in [0.717, 1.165) is 6.26 Å². The molecular weight excluding hydrogens is 164 g/mol. The van der Waals surface area contributed by atoms with Gasteiger partial charge in [-0.2, -0.15) is 0 Å². The summed E-state index contributed by atoms with van der Waals surface area (Å²) in [6, 6.07) is 0. The van der Waals surface area contributed by atoms with Crippen molar-refractivity contribution < 1.29 is 19.4 Å². The number of carboxylic acid groups (broad SMARTS) is 1. The van der Waals surface area contributed by atoms with Gasteiger partial charge >= 0.3 is 5.97 Å². The van der Waals surface area contributed by atoms with Crippen molar-refractivity contribution in [1.82, 2.24) is 0 Å². The van der Waals surface area contributed by atoms with Crippen molar-refractivity contribution in [1.29, 1.82) is 0 Å². The normalized spacial score (nSPS) is 9.75. The van der Waals surface area contributed by atoms with Gasteiger partial charge in [0.1, 0.15) is 17.6 Å². The van der Waals surface area contributed by atoms with Crippen molar-refractivity contribution >= 4 is 5.97 Å². The molecule has 0 amide bonds. The Morgan fingerprint density at radius 2 is 2.17 bits per heavy atom. The molecule has 0 aliphatic carbocycles. The van der Waals surface area contributed by atoms with Crippen LogP contribution >= 0.6 is 0 Å². The van der Waals surface area contributed by atoms with Crippen LogP contribution in [-0.4, -0.2) is 16.2 Å². The third-order valence-corrected chi connectivity index (χ3v) is 1.37. The summed E-state index contributed by atoms with van der Waals surface area (Å²) in [4.78, 5) is 21.4. The number of hydrogen-bond donors (Lipinski definition) is 2. The first-order chi connectivity index (χ1) is 5.54. The molecule has 1 aromatic rings. The molecular formula is C7H6O5. The summed E-state index contributed by atoms with van der Waals surface area (Å²) >= 11 is 0. The molecule has 0 bridgehead atoms. The number of carbonyl (C=O) groups is 1. The zero-order valence-electron chi connectivity index (χ0n) is 6.20. The van der Waals surface area contributed by atoms with Crippen LogP contribution in [0.4, 0.5) is 0 Å². The molecule has 64 valence electrons. The summed E-state index contributed by atoms with van der Waals surface area (Å²) in [5.74, 6) is -2.12. The predicted octanol–water partition coefficient (Wildman–Crippen LogP) is 0.352. The number of aromatic carboxylic acids is 1. The van der Waals surface area contributed by atoms with Gasteiger partial charge < -0.3 is 14.6 Å². The smallest absolute Gasteiger partial charge is 0.343 e. The quantitative estimate of drug-likeness (QED) is 0.634. The van der Waals surface area contributed by atoms with Crippen molar-refractivity contribution in [2.24, 2.45) is 0 Å². The highest BCUT2D eigenvalue weighted by Gasteiger charge is 2.16. The van der Waals surface area contributed by atoms with Gasteiger partial charge in [0, 0.05) is 0 Å². The minimum atomic E-state index is -1.41. The maximum Gasteiger partial charge on any atom is 0.343 e. The lowest BCUT2D eigenvalue weighted by molar-refractivity contribution is 0.0690. The van der Waals surface area contributed by atoms with Crippen LogP contribution in [0.15, 0.2) is 15.5 Å². The SMILES string of the molecule is Cc1occ(O)c(=O)c1C(=O)O. The number of rotatable bonds is 1. The molecule has 5 nitrogen and oxygen atoms in total. The first-order valence-corrected chi connectivity index (χ1v) is 3.08. The van der Waals surface area contributed by atoms with Crippen LogP contribution in [0.5, 0.6) is 5.75 Å². The average molecular weight is 170 g/mol. The molecule has 0 unspecified atom stereocenters. The fourth-order valence-electron chi connectivity index (χ4n) is 0.792. The molecule has 0 saturated heterocycles. The summed E-state index contributed by atoms with van der Waals surface area (Å²) < 4.78 is 4.60. The molecule has 12 heavy (non-hydrogen) atoms. The van der Waals surface area contributed by atoms with E-state index in [4.69, 9.17) is 10.2 Å². The Morgan fingerprint density at radius 3 is 2.58 bits per heavy atom. The maximum atomic E-state index is 10.9. The highest BCUT2D eigenvalue weighted by molar-refractivity contribution is 5.88. The highest BCUT2D eigenvalue weighted by Crippen LogP contribution is 2.08. The van der Waals surface area contributed by atoms with Crippen LogP contribution in [0.1, 0.15) is 16.1 Å². The van der Waals surface area contributed by atoms with Gasteiger partial charge in [0.15, 0.2) is 5.75 Å². The Kier molecular flexibility index (Phi) is 1.86. The Hall–Kier alpha value is -1.78. The molecule has 0 aromatic carbocycles. The molecule has 1 heterocycles. The zero-order chi connectivity index (χ0) is 9.30. The van der Waals surface area contributed by atoms with Gasteiger partial charge in [0.05, 0.1) is 0 Å². The first-order valence-electron chi connectivity index (χ1n) is 3.08. The van der Waals surface area contributed by atoms with E-state index in [-0.39, 0.29) is 5.76 Å². The van der Waals surface area contributed by atoms with Gasteiger partial charge in [-0.1, -0.05) is 0 Å². The Morgan fingerprint density at radius 1 is 1.58 bits per heavy atom. The lowest BCUT2D eigenvalue weighted by Crippen LogP contribution is -2.15. The zero-order valence-corrected chi connectivity index (χ0v) is 6.20. The highest BCUT2D eigenvalue weighted by atomic mass is 16.4. The Labute approximate surface area is 66.9 Å². The fraction of sp³-hybridized carbons (Fsp3) is 0.143. The summed E-state index contributed by atoms with van der Waals surface area (Å²) in [7, 11) is 0. The Bertz CT molecular complexity index is 376. The van der Waals surface area contributed by atoms with E-state index in [9.17, 15) is 9.59 Å². The predicted molar refractivity (Wildman–Crippen MR) is 38.3 cm³/mol. The summed E-state index contributed by atoms with van der Waals surface area (Å²) in [5.41, 5.74) is -1.46. The van der Waals surface area contributed by atoms with Gasteiger partial charge in [0.25, 0.3) is 0 Å². The van der Waals surface area contributed by atoms with Crippen molar-refractivity contribution in [3.63, 3.8) is 0 Å². The van der Waals surface area contributed by atoms with E-state index in [0.29, 0.717) is 0 Å². The number of aromatic hydroxyl groups is 1. The third kappa shape index (κ3) is 1.16. The molecule has 0 aliphatic rings. The third-order valence-electron chi connectivity index (χ3n) is 1.37. The molecule has 5 heteroatoms. The van der Waals surface area contributed by atoms with E-state index < -0.39 is 22.7 Å². The van der Waals surface area contributed by atoms with E-state index in [1.807, 2.05) is 0 Å². The monoisotopic (exact) mass is 170 g/mol. The lowest BCUT2D eigenvalue weighted by atomic mass is 10.2.